The number of likely N-dealkylation sites (N-methyl/N-ethyl adjacent to an activating group) is 1. The summed E-state index contributed by atoms with van der Waals surface area (Å²) in [5.74, 6) is 0.834. The van der Waals surface area contributed by atoms with Crippen molar-refractivity contribution in [2.75, 3.05) is 7.05 Å². The molecule has 0 amide bonds. The molecular weight excluding hydrogens is 306 g/mol. The number of nitrogens with one attached hydrogen (secondary N) is 3. The fourth-order valence-electron chi connectivity index (χ4n) is 1.85. The van der Waals surface area contributed by atoms with Gasteiger partial charge in [-0.25, -0.2) is 13.1 Å². The fourth-order valence-corrected chi connectivity index (χ4v) is 3.10. The van der Waals surface area contributed by atoms with Crippen molar-refractivity contribution < 1.29 is 12.9 Å². The highest BCUT2D eigenvalue weighted by molar-refractivity contribution is 7.89. The Balaban J connectivity index is 2.18. The van der Waals surface area contributed by atoms with Gasteiger partial charge in [0.2, 0.25) is 10.0 Å². The van der Waals surface area contributed by atoms with Crippen LogP contribution in [0.25, 0.3) is 11.6 Å². The van der Waals surface area contributed by atoms with Crippen LogP contribution in [0.3, 0.4) is 0 Å². The van der Waals surface area contributed by atoms with Crippen LogP contribution in [0.4, 0.5) is 0 Å². The number of aromatic nitrogens is 3. The molecule has 2 aromatic heterocycles. The number of aromatic amines is 1. The zero-order valence-electron chi connectivity index (χ0n) is 13.0. The Morgan fingerprint density at radius 3 is 2.73 bits per heavy atom. The van der Waals surface area contributed by atoms with Crippen LogP contribution < -0.4 is 10.0 Å². The van der Waals surface area contributed by atoms with E-state index < -0.39 is 10.0 Å². The summed E-state index contributed by atoms with van der Waals surface area (Å²) < 4.78 is 31.8. The monoisotopic (exact) mass is 327 g/mol. The summed E-state index contributed by atoms with van der Waals surface area (Å²) in [4.78, 5) is 7.25. The van der Waals surface area contributed by atoms with E-state index in [0.717, 1.165) is 0 Å². The van der Waals surface area contributed by atoms with Gasteiger partial charge in [-0.2, -0.15) is 4.98 Å². The maximum atomic E-state index is 12.1. The first-order valence-electron chi connectivity index (χ1n) is 7.03. The van der Waals surface area contributed by atoms with Gasteiger partial charge in [-0.05, 0) is 33.9 Å². The minimum absolute atomic E-state index is 0.138. The first-order chi connectivity index (χ1) is 10.3. The van der Waals surface area contributed by atoms with Crippen LogP contribution in [0, 0.1) is 0 Å². The minimum Gasteiger partial charge on any atom is -0.356 e. The van der Waals surface area contributed by atoms with E-state index in [1.165, 1.54) is 12.3 Å². The minimum atomic E-state index is -3.54. The number of rotatable bonds is 7. The predicted molar refractivity (Wildman–Crippen MR) is 81.8 cm³/mol. The van der Waals surface area contributed by atoms with Gasteiger partial charge < -0.3 is 14.8 Å². The number of hydrogen-bond donors (Lipinski definition) is 3. The second kappa shape index (κ2) is 6.59. The van der Waals surface area contributed by atoms with Crippen molar-refractivity contribution in [2.24, 2.45) is 0 Å². The Hall–Kier alpha value is -1.71. The molecule has 22 heavy (non-hydrogen) atoms. The second-order valence-corrected chi connectivity index (χ2v) is 7.15. The van der Waals surface area contributed by atoms with Gasteiger partial charge >= 0.3 is 0 Å². The molecule has 2 rings (SSSR count). The molecule has 0 aliphatic carbocycles. The first kappa shape index (κ1) is 16.7. The van der Waals surface area contributed by atoms with E-state index in [1.807, 2.05) is 14.0 Å². The van der Waals surface area contributed by atoms with Gasteiger partial charge in [0.25, 0.3) is 5.89 Å². The van der Waals surface area contributed by atoms with Gasteiger partial charge in [-0.1, -0.05) is 5.16 Å². The third-order valence-electron chi connectivity index (χ3n) is 3.04. The van der Waals surface area contributed by atoms with E-state index in [2.05, 4.69) is 25.2 Å². The van der Waals surface area contributed by atoms with E-state index in [-0.39, 0.29) is 22.9 Å². The molecule has 122 valence electrons. The smallest absolute Gasteiger partial charge is 0.274 e. The molecule has 1 atom stereocenters. The van der Waals surface area contributed by atoms with E-state index in [0.29, 0.717) is 17.9 Å². The largest absolute Gasteiger partial charge is 0.356 e. The zero-order valence-corrected chi connectivity index (χ0v) is 13.9. The SMILES string of the molecule is CNC(C)Cc1noc(-c2cc(S(=O)(=O)NC(C)C)c[nH]2)n1. The van der Waals surface area contributed by atoms with Crippen molar-refractivity contribution in [1.82, 2.24) is 25.2 Å². The molecule has 9 heteroatoms. The van der Waals surface area contributed by atoms with Gasteiger partial charge in [0.15, 0.2) is 5.82 Å². The van der Waals surface area contributed by atoms with Crippen molar-refractivity contribution in [3.05, 3.63) is 18.1 Å². The Morgan fingerprint density at radius 1 is 1.36 bits per heavy atom. The molecule has 0 spiro atoms. The molecule has 2 aromatic rings. The highest BCUT2D eigenvalue weighted by Crippen LogP contribution is 2.20. The maximum Gasteiger partial charge on any atom is 0.274 e. The summed E-state index contributed by atoms with van der Waals surface area (Å²) >= 11 is 0. The van der Waals surface area contributed by atoms with Crippen LogP contribution in [0.15, 0.2) is 21.7 Å². The van der Waals surface area contributed by atoms with Crippen LogP contribution in [-0.2, 0) is 16.4 Å². The summed E-state index contributed by atoms with van der Waals surface area (Å²) in [6.07, 6.45) is 2.03. The molecule has 0 bridgehead atoms. The van der Waals surface area contributed by atoms with E-state index in [9.17, 15) is 8.42 Å². The Kier molecular flexibility index (Phi) is 4.99. The standard InChI is InChI=1S/C13H21N5O3S/c1-8(2)18-22(19,20)10-6-11(15-7-10)13-16-12(17-21-13)5-9(3)14-4/h6-9,14-15,18H,5H2,1-4H3. The van der Waals surface area contributed by atoms with Gasteiger partial charge in [-0.3, -0.25) is 0 Å². The molecule has 0 radical (unpaired) electrons. The Morgan fingerprint density at radius 2 is 2.09 bits per heavy atom. The second-order valence-electron chi connectivity index (χ2n) is 5.43. The van der Waals surface area contributed by atoms with Gasteiger partial charge in [0, 0.05) is 24.7 Å². The third-order valence-corrected chi connectivity index (χ3v) is 4.68. The van der Waals surface area contributed by atoms with Crippen LogP contribution in [0.5, 0.6) is 0 Å². The van der Waals surface area contributed by atoms with E-state index in [4.69, 9.17) is 4.52 Å². The lowest BCUT2D eigenvalue weighted by Crippen LogP contribution is -2.29. The van der Waals surface area contributed by atoms with Gasteiger partial charge in [0.05, 0.1) is 0 Å². The summed E-state index contributed by atoms with van der Waals surface area (Å²) in [5, 5.41) is 6.98. The topological polar surface area (TPSA) is 113 Å². The predicted octanol–water partition coefficient (Wildman–Crippen LogP) is 0.902. The first-order valence-corrected chi connectivity index (χ1v) is 8.51. The quantitative estimate of drug-likeness (QED) is 0.696. The van der Waals surface area contributed by atoms with Crippen molar-refractivity contribution in [3.8, 4) is 11.6 Å². The highest BCUT2D eigenvalue weighted by atomic mass is 32.2. The van der Waals surface area contributed by atoms with Crippen LogP contribution >= 0.6 is 0 Å². The average Bonchev–Trinajstić information content (AvgIpc) is 3.05. The van der Waals surface area contributed by atoms with Crippen molar-refractivity contribution in [2.45, 2.75) is 44.2 Å². The molecule has 0 fully saturated rings. The van der Waals surface area contributed by atoms with Crippen molar-refractivity contribution in [3.63, 3.8) is 0 Å². The highest BCUT2D eigenvalue weighted by Gasteiger charge is 2.19. The summed E-state index contributed by atoms with van der Waals surface area (Å²) in [6, 6.07) is 1.52. The van der Waals surface area contributed by atoms with Crippen LogP contribution in [-0.4, -0.2) is 42.7 Å². The normalized spacial score (nSPS) is 13.7. The lowest BCUT2D eigenvalue weighted by Gasteiger charge is -2.06. The molecule has 0 aliphatic heterocycles. The van der Waals surface area contributed by atoms with Crippen molar-refractivity contribution in [1.29, 1.82) is 0 Å². The molecule has 0 aromatic carbocycles. The summed E-state index contributed by atoms with van der Waals surface area (Å²) in [6.45, 7) is 5.53. The van der Waals surface area contributed by atoms with E-state index in [1.54, 1.807) is 13.8 Å². The molecule has 2 heterocycles. The molecule has 0 saturated carbocycles. The average molecular weight is 327 g/mol. The van der Waals surface area contributed by atoms with Crippen LogP contribution in [0.2, 0.25) is 0 Å². The number of H-pyrrole nitrogens is 1. The molecule has 3 N–H and O–H groups in total. The number of hydrogen-bond acceptors (Lipinski definition) is 6. The Bertz CT molecular complexity index is 720. The maximum absolute atomic E-state index is 12.1. The summed E-state index contributed by atoms with van der Waals surface area (Å²) in [5.41, 5.74) is 0.472. The van der Waals surface area contributed by atoms with Gasteiger partial charge in [0.1, 0.15) is 10.6 Å². The van der Waals surface area contributed by atoms with Gasteiger partial charge in [-0.15, -0.1) is 0 Å². The van der Waals surface area contributed by atoms with Crippen LogP contribution in [0.1, 0.15) is 26.6 Å². The molecule has 0 aliphatic rings. The molecular formula is C13H21N5O3S. The molecule has 1 unspecified atom stereocenters. The fraction of sp³-hybridized carbons (Fsp3) is 0.538. The Labute approximate surface area is 129 Å². The molecule has 8 nitrogen and oxygen atoms in total. The lowest BCUT2D eigenvalue weighted by atomic mass is 10.2. The zero-order chi connectivity index (χ0) is 16.3. The molecule has 0 saturated heterocycles. The van der Waals surface area contributed by atoms with E-state index >= 15 is 0 Å². The van der Waals surface area contributed by atoms with Crippen molar-refractivity contribution >= 4 is 10.0 Å². The number of nitrogens with zero attached hydrogens (tertiary/aromatic N) is 2. The third kappa shape index (κ3) is 3.93. The number of sulfonamides is 1. The lowest BCUT2D eigenvalue weighted by molar-refractivity contribution is 0.417. The summed E-state index contributed by atoms with van der Waals surface area (Å²) in [7, 11) is -1.69.